The monoisotopic (exact) mass is 315 g/mol. The Bertz CT molecular complexity index is 707. The van der Waals surface area contributed by atoms with E-state index in [1.54, 1.807) is 0 Å². The van der Waals surface area contributed by atoms with Gasteiger partial charge in [0.1, 0.15) is 0 Å². The minimum Gasteiger partial charge on any atom is -0.344 e. The second kappa shape index (κ2) is 6.27. The molecular weight excluding hydrogens is 298 g/mol. The molecule has 3 rings (SSSR count). The molecule has 0 aliphatic heterocycles. The first-order valence-electron chi connectivity index (χ1n) is 7.22. The van der Waals surface area contributed by atoms with Crippen LogP contribution in [0.3, 0.4) is 0 Å². The molecule has 0 atom stereocenters. The minimum absolute atomic E-state index is 0.337. The van der Waals surface area contributed by atoms with Crippen molar-refractivity contribution in [2.45, 2.75) is 32.2 Å². The van der Waals surface area contributed by atoms with E-state index in [1.807, 2.05) is 36.6 Å². The zero-order valence-corrected chi connectivity index (χ0v) is 13.1. The highest BCUT2D eigenvalue weighted by atomic mass is 32.1. The predicted octanol–water partition coefficient (Wildman–Crippen LogP) is 2.58. The first kappa shape index (κ1) is 14.7. The van der Waals surface area contributed by atoms with Gasteiger partial charge in [-0.2, -0.15) is 0 Å². The molecule has 2 aromatic rings. The third kappa shape index (κ3) is 3.51. The van der Waals surface area contributed by atoms with Crippen molar-refractivity contribution in [1.29, 1.82) is 0 Å². The van der Waals surface area contributed by atoms with Gasteiger partial charge in [0.25, 0.3) is 0 Å². The van der Waals surface area contributed by atoms with Gasteiger partial charge in [-0.1, -0.05) is 24.3 Å². The van der Waals surface area contributed by atoms with Gasteiger partial charge in [0.15, 0.2) is 5.13 Å². The number of anilines is 1. The van der Waals surface area contributed by atoms with E-state index in [9.17, 15) is 9.59 Å². The highest BCUT2D eigenvalue weighted by Crippen LogP contribution is 2.40. The van der Waals surface area contributed by atoms with Crippen molar-refractivity contribution in [3.8, 4) is 0 Å². The first-order valence-corrected chi connectivity index (χ1v) is 8.10. The number of hydrogen-bond acceptors (Lipinski definition) is 4. The van der Waals surface area contributed by atoms with Crippen molar-refractivity contribution >= 4 is 28.3 Å². The zero-order valence-electron chi connectivity index (χ0n) is 12.3. The molecule has 0 unspecified atom stereocenters. The second-order valence-electron chi connectivity index (χ2n) is 5.42. The highest BCUT2D eigenvalue weighted by Gasteiger charge is 2.26. The summed E-state index contributed by atoms with van der Waals surface area (Å²) in [4.78, 5) is 28.0. The number of thiazole rings is 1. The quantitative estimate of drug-likeness (QED) is 0.852. The molecule has 2 amide bonds. The number of hydrogen-bond donors (Lipinski definition) is 2. The van der Waals surface area contributed by atoms with Crippen molar-refractivity contribution in [2.75, 3.05) is 5.32 Å². The average molecular weight is 315 g/mol. The Balaban J connectivity index is 1.53. The number of rotatable bonds is 4. The van der Waals surface area contributed by atoms with Crippen LogP contribution in [0.2, 0.25) is 0 Å². The van der Waals surface area contributed by atoms with E-state index in [0.29, 0.717) is 17.6 Å². The zero-order chi connectivity index (χ0) is 15.5. The van der Waals surface area contributed by atoms with Crippen LogP contribution in [0.15, 0.2) is 29.6 Å². The molecule has 1 aliphatic carbocycles. The topological polar surface area (TPSA) is 71.1 Å². The summed E-state index contributed by atoms with van der Waals surface area (Å²) in [5, 5.41) is 7.61. The van der Waals surface area contributed by atoms with Gasteiger partial charge < -0.3 is 5.32 Å². The summed E-state index contributed by atoms with van der Waals surface area (Å²) in [5.74, 6) is -0.784. The van der Waals surface area contributed by atoms with E-state index in [0.717, 1.165) is 29.7 Å². The molecule has 0 bridgehead atoms. The smallest absolute Gasteiger partial charge is 0.315 e. The van der Waals surface area contributed by atoms with Gasteiger partial charge in [0.05, 0.1) is 5.69 Å². The van der Waals surface area contributed by atoms with Gasteiger partial charge in [-0.15, -0.1) is 11.3 Å². The molecule has 1 fully saturated rings. The summed E-state index contributed by atoms with van der Waals surface area (Å²) in [7, 11) is 0. The van der Waals surface area contributed by atoms with E-state index in [1.165, 1.54) is 11.3 Å². The molecule has 1 aliphatic rings. The summed E-state index contributed by atoms with van der Waals surface area (Å²) >= 11 is 1.36. The summed E-state index contributed by atoms with van der Waals surface area (Å²) in [6, 6.07) is 7.74. The van der Waals surface area contributed by atoms with Gasteiger partial charge in [0.2, 0.25) is 0 Å². The molecule has 114 valence electrons. The van der Waals surface area contributed by atoms with Gasteiger partial charge in [-0.05, 0) is 30.9 Å². The number of benzene rings is 1. The molecule has 0 radical (unpaired) electrons. The predicted molar refractivity (Wildman–Crippen MR) is 85.7 cm³/mol. The minimum atomic E-state index is -0.676. The lowest BCUT2D eigenvalue weighted by Gasteiger charge is -2.07. The number of nitrogens with one attached hydrogen (secondary N) is 2. The highest BCUT2D eigenvalue weighted by molar-refractivity contribution is 7.14. The largest absolute Gasteiger partial charge is 0.344 e. The maximum Gasteiger partial charge on any atom is 0.315 e. The van der Waals surface area contributed by atoms with Crippen LogP contribution in [0.25, 0.3) is 0 Å². The Labute approximate surface area is 132 Å². The molecule has 0 spiro atoms. The van der Waals surface area contributed by atoms with Gasteiger partial charge >= 0.3 is 11.8 Å². The molecule has 1 aromatic heterocycles. The number of aromatic nitrogens is 1. The van der Waals surface area contributed by atoms with Crippen LogP contribution in [0, 0.1) is 6.92 Å². The lowest BCUT2D eigenvalue weighted by molar-refractivity contribution is -0.136. The molecule has 1 heterocycles. The fourth-order valence-corrected chi connectivity index (χ4v) is 2.92. The average Bonchev–Trinajstić information content (AvgIpc) is 3.26. The Kier molecular flexibility index (Phi) is 4.20. The number of aryl methyl sites for hydroxylation is 1. The summed E-state index contributed by atoms with van der Waals surface area (Å²) in [5.41, 5.74) is 3.09. The molecule has 5 nitrogen and oxygen atoms in total. The van der Waals surface area contributed by atoms with Crippen molar-refractivity contribution in [3.05, 3.63) is 46.5 Å². The number of carbonyl (C=O) groups excluding carboxylic acids is 2. The summed E-state index contributed by atoms with van der Waals surface area (Å²) in [6.45, 7) is 2.31. The number of amides is 2. The Hall–Kier alpha value is -2.21. The molecule has 0 saturated heterocycles. The Morgan fingerprint density at radius 3 is 2.77 bits per heavy atom. The number of carbonyl (C=O) groups is 2. The summed E-state index contributed by atoms with van der Waals surface area (Å²) in [6.07, 6.45) is 2.32. The third-order valence-corrected chi connectivity index (χ3v) is 4.42. The van der Waals surface area contributed by atoms with Crippen LogP contribution in [0.4, 0.5) is 5.13 Å². The van der Waals surface area contributed by atoms with Crippen LogP contribution in [-0.2, 0) is 16.1 Å². The molecular formula is C16H17N3O2S. The fraction of sp³-hybridized carbons (Fsp3) is 0.312. The lowest BCUT2D eigenvalue weighted by atomic mass is 10.1. The standard InChI is InChI=1S/C16H17N3O2S/c1-10-4-2-3-5-12(10)8-17-14(20)15(21)19-16-18-13(9-22-16)11-6-7-11/h2-5,9,11H,6-8H2,1H3,(H,17,20)(H,18,19,21). The molecule has 22 heavy (non-hydrogen) atoms. The third-order valence-electron chi connectivity index (χ3n) is 3.64. The van der Waals surface area contributed by atoms with Crippen molar-refractivity contribution in [2.24, 2.45) is 0 Å². The Morgan fingerprint density at radius 2 is 2.05 bits per heavy atom. The first-order chi connectivity index (χ1) is 10.6. The molecule has 1 aromatic carbocycles. The van der Waals surface area contributed by atoms with E-state index < -0.39 is 11.8 Å². The van der Waals surface area contributed by atoms with Crippen molar-refractivity contribution < 1.29 is 9.59 Å². The van der Waals surface area contributed by atoms with E-state index in [4.69, 9.17) is 0 Å². The maximum absolute atomic E-state index is 11.9. The van der Waals surface area contributed by atoms with Crippen molar-refractivity contribution in [3.63, 3.8) is 0 Å². The van der Waals surface area contributed by atoms with Crippen LogP contribution >= 0.6 is 11.3 Å². The SMILES string of the molecule is Cc1ccccc1CNC(=O)C(=O)Nc1nc(C2CC2)cs1. The maximum atomic E-state index is 11.9. The number of nitrogens with zero attached hydrogens (tertiary/aromatic N) is 1. The molecule has 2 N–H and O–H groups in total. The van der Waals surface area contributed by atoms with E-state index in [-0.39, 0.29) is 0 Å². The molecule has 6 heteroatoms. The second-order valence-corrected chi connectivity index (χ2v) is 6.27. The van der Waals surface area contributed by atoms with Crippen LogP contribution in [0.5, 0.6) is 0 Å². The summed E-state index contributed by atoms with van der Waals surface area (Å²) < 4.78 is 0. The van der Waals surface area contributed by atoms with Crippen molar-refractivity contribution in [1.82, 2.24) is 10.3 Å². The Morgan fingerprint density at radius 1 is 1.27 bits per heavy atom. The molecule has 1 saturated carbocycles. The van der Waals surface area contributed by atoms with Crippen LogP contribution < -0.4 is 10.6 Å². The van der Waals surface area contributed by atoms with Crippen LogP contribution in [-0.4, -0.2) is 16.8 Å². The lowest BCUT2D eigenvalue weighted by Crippen LogP contribution is -2.35. The normalized spacial score (nSPS) is 13.7. The van der Waals surface area contributed by atoms with Gasteiger partial charge in [-0.25, -0.2) is 4.98 Å². The van der Waals surface area contributed by atoms with Gasteiger partial charge in [-0.3, -0.25) is 14.9 Å². The van der Waals surface area contributed by atoms with E-state index in [2.05, 4.69) is 15.6 Å². The van der Waals surface area contributed by atoms with Crippen LogP contribution in [0.1, 0.15) is 35.6 Å². The van der Waals surface area contributed by atoms with E-state index >= 15 is 0 Å². The van der Waals surface area contributed by atoms with Gasteiger partial charge in [0, 0.05) is 17.8 Å². The fourth-order valence-electron chi connectivity index (χ4n) is 2.13.